The van der Waals surface area contributed by atoms with Gasteiger partial charge in [0.1, 0.15) is 0 Å². The van der Waals surface area contributed by atoms with E-state index in [0.29, 0.717) is 10.8 Å². The molecule has 0 spiro atoms. The first kappa shape index (κ1) is 16.2. The van der Waals surface area contributed by atoms with E-state index in [-0.39, 0.29) is 24.1 Å². The fraction of sp³-hybridized carbons (Fsp3) is 0.250. The minimum absolute atomic E-state index is 0.142. The molecule has 7 nitrogen and oxygen atoms in total. The van der Waals surface area contributed by atoms with Gasteiger partial charge in [0.25, 0.3) is 11.7 Å². The molecule has 0 N–H and O–H groups in total. The van der Waals surface area contributed by atoms with E-state index >= 15 is 0 Å². The smallest absolute Gasteiger partial charge is 0.366 e. The van der Waals surface area contributed by atoms with E-state index < -0.39 is 10.5 Å². The first-order valence-corrected chi connectivity index (χ1v) is 7.56. The van der Waals surface area contributed by atoms with Crippen LogP contribution in [0.1, 0.15) is 19.4 Å². The van der Waals surface area contributed by atoms with E-state index in [1.807, 2.05) is 0 Å². The van der Waals surface area contributed by atoms with Crippen LogP contribution in [0.25, 0.3) is 0 Å². The highest BCUT2D eigenvalue weighted by Gasteiger charge is 2.44. The molecule has 0 aliphatic carbocycles. The van der Waals surface area contributed by atoms with Gasteiger partial charge in [0.2, 0.25) is 0 Å². The Hall–Kier alpha value is -2.67. The van der Waals surface area contributed by atoms with Gasteiger partial charge in [0, 0.05) is 11.1 Å². The summed E-state index contributed by atoms with van der Waals surface area (Å²) in [7, 11) is 0. The molecule has 1 aromatic carbocycles. The topological polar surface area (TPSA) is 85.6 Å². The molecule has 1 amide bonds. The Morgan fingerprint density at radius 1 is 1.25 bits per heavy atom. The molecular formula is C16H14ClN3O4. The summed E-state index contributed by atoms with van der Waals surface area (Å²) in [5.41, 5.74) is -0.262. The van der Waals surface area contributed by atoms with Crippen molar-refractivity contribution in [1.82, 2.24) is 4.98 Å². The molecule has 3 rings (SSSR count). The van der Waals surface area contributed by atoms with Gasteiger partial charge >= 0.3 is 5.82 Å². The van der Waals surface area contributed by atoms with Crippen LogP contribution in [-0.4, -0.2) is 21.4 Å². The predicted octanol–water partition coefficient (Wildman–Crippen LogP) is 3.35. The van der Waals surface area contributed by atoms with E-state index in [9.17, 15) is 14.9 Å². The normalized spacial score (nSPS) is 15.6. The van der Waals surface area contributed by atoms with Gasteiger partial charge in [-0.1, -0.05) is 23.7 Å². The lowest BCUT2D eigenvalue weighted by atomic mass is 10.0. The minimum atomic E-state index is -1.09. The number of ether oxygens (including phenoxy) is 1. The number of rotatable bonds is 3. The maximum atomic E-state index is 12.7. The maximum Gasteiger partial charge on any atom is 0.366 e. The number of hydrogen-bond acceptors (Lipinski definition) is 5. The van der Waals surface area contributed by atoms with Gasteiger partial charge in [-0.2, -0.15) is 0 Å². The molecule has 0 saturated heterocycles. The van der Waals surface area contributed by atoms with Crippen LogP contribution in [0.2, 0.25) is 5.02 Å². The van der Waals surface area contributed by atoms with Crippen LogP contribution in [0.5, 0.6) is 5.75 Å². The van der Waals surface area contributed by atoms with Crippen molar-refractivity contribution in [2.24, 2.45) is 0 Å². The number of amides is 1. The molecule has 0 unspecified atom stereocenters. The summed E-state index contributed by atoms with van der Waals surface area (Å²) in [6, 6.07) is 9.72. The lowest BCUT2D eigenvalue weighted by molar-refractivity contribution is -0.389. The van der Waals surface area contributed by atoms with Crippen molar-refractivity contribution in [3.8, 4) is 5.75 Å². The van der Waals surface area contributed by atoms with Crippen LogP contribution in [0, 0.1) is 10.1 Å². The summed E-state index contributed by atoms with van der Waals surface area (Å²) < 4.78 is 5.66. The number of carbonyl (C=O) groups excluding carboxylic acids is 1. The summed E-state index contributed by atoms with van der Waals surface area (Å²) in [5, 5.41) is 11.6. The first-order valence-electron chi connectivity index (χ1n) is 7.19. The van der Waals surface area contributed by atoms with E-state index in [1.165, 1.54) is 17.0 Å². The second-order valence-electron chi connectivity index (χ2n) is 5.88. The zero-order valence-corrected chi connectivity index (χ0v) is 13.8. The number of benzene rings is 1. The number of nitrogens with zero attached hydrogens (tertiary/aromatic N) is 3. The number of halogens is 1. The van der Waals surface area contributed by atoms with Crippen molar-refractivity contribution in [3.05, 3.63) is 57.1 Å². The number of carbonyl (C=O) groups is 1. The lowest BCUT2D eigenvalue weighted by Gasteiger charge is -2.35. The van der Waals surface area contributed by atoms with E-state index in [1.54, 1.807) is 38.1 Å². The number of hydrogen-bond donors (Lipinski definition) is 0. The Morgan fingerprint density at radius 3 is 2.54 bits per heavy atom. The zero-order chi connectivity index (χ0) is 17.5. The molecule has 0 saturated carbocycles. The quantitative estimate of drug-likeness (QED) is 0.627. The van der Waals surface area contributed by atoms with Crippen molar-refractivity contribution in [2.75, 3.05) is 4.90 Å². The SMILES string of the molecule is CC1(C)Oc2ccc([N+](=O)[O-])nc2N(Cc2ccc(Cl)cc2)C1=O. The number of anilines is 1. The Balaban J connectivity index is 2.05. The van der Waals surface area contributed by atoms with Gasteiger partial charge in [-0.3, -0.25) is 9.69 Å². The number of aromatic nitrogens is 1. The second-order valence-corrected chi connectivity index (χ2v) is 6.31. The first-order chi connectivity index (χ1) is 11.3. The highest BCUT2D eigenvalue weighted by molar-refractivity contribution is 6.30. The van der Waals surface area contributed by atoms with Gasteiger partial charge < -0.3 is 14.9 Å². The number of nitro groups is 1. The third kappa shape index (κ3) is 2.90. The monoisotopic (exact) mass is 347 g/mol. The van der Waals surface area contributed by atoms with Gasteiger partial charge in [-0.05, 0) is 47.5 Å². The summed E-state index contributed by atoms with van der Waals surface area (Å²) in [5.74, 6) is -0.188. The molecule has 2 heterocycles. The third-order valence-electron chi connectivity index (χ3n) is 3.65. The van der Waals surface area contributed by atoms with Crippen molar-refractivity contribution in [3.63, 3.8) is 0 Å². The van der Waals surface area contributed by atoms with Crippen molar-refractivity contribution in [1.29, 1.82) is 0 Å². The molecule has 1 aliphatic rings. The average Bonchev–Trinajstić information content (AvgIpc) is 2.53. The zero-order valence-electron chi connectivity index (χ0n) is 13.0. The maximum absolute atomic E-state index is 12.7. The standard InChI is InChI=1S/C16H14ClN3O4/c1-16(2)15(21)19(9-10-3-5-11(17)6-4-10)14-12(24-16)7-8-13(18-14)20(22)23/h3-8H,9H2,1-2H3. The summed E-state index contributed by atoms with van der Waals surface area (Å²) in [6.45, 7) is 3.51. The molecule has 1 aromatic heterocycles. The average molecular weight is 348 g/mol. The largest absolute Gasteiger partial charge is 0.472 e. The Morgan fingerprint density at radius 2 is 1.92 bits per heavy atom. The molecule has 8 heteroatoms. The van der Waals surface area contributed by atoms with Crippen molar-refractivity contribution < 1.29 is 14.5 Å². The Bertz CT molecular complexity index is 821. The second kappa shape index (κ2) is 5.76. The van der Waals surface area contributed by atoms with Gasteiger partial charge in [-0.25, -0.2) is 0 Å². The molecule has 24 heavy (non-hydrogen) atoms. The highest BCUT2D eigenvalue weighted by atomic mass is 35.5. The van der Waals surface area contributed by atoms with Crippen LogP contribution in [0.3, 0.4) is 0 Å². The molecule has 0 fully saturated rings. The van der Waals surface area contributed by atoms with Gasteiger partial charge in [0.05, 0.1) is 6.54 Å². The van der Waals surface area contributed by atoms with Crippen molar-refractivity contribution >= 4 is 29.1 Å². The van der Waals surface area contributed by atoms with Crippen LogP contribution in [-0.2, 0) is 11.3 Å². The summed E-state index contributed by atoms with van der Waals surface area (Å²) in [4.78, 5) is 28.5. The summed E-state index contributed by atoms with van der Waals surface area (Å²) >= 11 is 5.88. The van der Waals surface area contributed by atoms with E-state index in [0.717, 1.165) is 5.56 Å². The van der Waals surface area contributed by atoms with Crippen molar-refractivity contribution in [2.45, 2.75) is 26.0 Å². The Labute approximate surface area is 143 Å². The molecular weight excluding hydrogens is 334 g/mol. The van der Waals surface area contributed by atoms with E-state index in [4.69, 9.17) is 16.3 Å². The number of pyridine rings is 1. The molecule has 0 atom stereocenters. The molecule has 2 aromatic rings. The Kier molecular flexibility index (Phi) is 3.88. The fourth-order valence-corrected chi connectivity index (χ4v) is 2.59. The third-order valence-corrected chi connectivity index (χ3v) is 3.90. The van der Waals surface area contributed by atoms with Gasteiger partial charge in [-0.15, -0.1) is 0 Å². The van der Waals surface area contributed by atoms with E-state index in [2.05, 4.69) is 4.98 Å². The predicted molar refractivity (Wildman–Crippen MR) is 88.2 cm³/mol. The van der Waals surface area contributed by atoms with Crippen LogP contribution in [0.15, 0.2) is 36.4 Å². The molecule has 0 radical (unpaired) electrons. The fourth-order valence-electron chi connectivity index (χ4n) is 2.46. The molecule has 0 bridgehead atoms. The highest BCUT2D eigenvalue weighted by Crippen LogP contribution is 2.38. The molecule has 124 valence electrons. The van der Waals surface area contributed by atoms with Crippen LogP contribution in [0.4, 0.5) is 11.6 Å². The van der Waals surface area contributed by atoms with Crippen LogP contribution >= 0.6 is 11.6 Å². The molecule has 1 aliphatic heterocycles. The van der Waals surface area contributed by atoms with Gasteiger partial charge in [0.15, 0.2) is 11.4 Å². The van der Waals surface area contributed by atoms with Crippen LogP contribution < -0.4 is 9.64 Å². The summed E-state index contributed by atoms with van der Waals surface area (Å²) in [6.07, 6.45) is 0. The lowest BCUT2D eigenvalue weighted by Crippen LogP contribution is -2.52. The number of fused-ring (bicyclic) bond motifs is 1. The minimum Gasteiger partial charge on any atom is -0.472 e.